The van der Waals surface area contributed by atoms with Crippen molar-refractivity contribution in [1.82, 2.24) is 10.6 Å². The van der Waals surface area contributed by atoms with Gasteiger partial charge < -0.3 is 15.4 Å². The molecule has 0 saturated heterocycles. The van der Waals surface area contributed by atoms with Crippen LogP contribution in [0.25, 0.3) is 0 Å². The number of nitrogens with one attached hydrogen (secondary N) is 2. The Morgan fingerprint density at radius 2 is 2.06 bits per heavy atom. The highest BCUT2D eigenvalue weighted by molar-refractivity contribution is 5.83. The predicted molar refractivity (Wildman–Crippen MR) is 66.7 cm³/mol. The number of allylic oxidation sites excluding steroid dienone is 1. The van der Waals surface area contributed by atoms with Gasteiger partial charge in [-0.1, -0.05) is 0 Å². The normalized spacial score (nSPS) is 11.9. The summed E-state index contributed by atoms with van der Waals surface area (Å²) in [7, 11) is 1.29. The van der Waals surface area contributed by atoms with Gasteiger partial charge in [-0.05, 0) is 31.5 Å². The van der Waals surface area contributed by atoms with Crippen LogP contribution in [0.5, 0.6) is 0 Å². The van der Waals surface area contributed by atoms with Crippen molar-refractivity contribution in [2.24, 2.45) is 0 Å². The van der Waals surface area contributed by atoms with Gasteiger partial charge in [0.2, 0.25) is 5.91 Å². The zero-order valence-corrected chi connectivity index (χ0v) is 10.8. The van der Waals surface area contributed by atoms with E-state index in [4.69, 9.17) is 0 Å². The fraction of sp³-hybridized carbons (Fsp3) is 0.583. The van der Waals surface area contributed by atoms with Gasteiger partial charge in [-0.3, -0.25) is 9.59 Å². The number of aldehydes is 1. The third kappa shape index (κ3) is 8.32. The van der Waals surface area contributed by atoms with Crippen LogP contribution in [0.1, 0.15) is 26.2 Å². The van der Waals surface area contributed by atoms with E-state index in [1.165, 1.54) is 20.1 Å². The molecule has 6 nitrogen and oxygen atoms in total. The predicted octanol–water partition coefficient (Wildman–Crippen LogP) is 0.137. The van der Waals surface area contributed by atoms with Crippen LogP contribution in [0.3, 0.4) is 0 Å². The number of rotatable bonds is 9. The first-order valence-electron chi connectivity index (χ1n) is 5.80. The SMILES string of the molecule is COC(=O)C(CCCCN/C=C/C=O)NC(C)=O. The van der Waals surface area contributed by atoms with Crippen molar-refractivity contribution in [3.63, 3.8) is 0 Å². The van der Waals surface area contributed by atoms with Crippen LogP contribution < -0.4 is 10.6 Å². The minimum Gasteiger partial charge on any atom is -0.467 e. The number of hydrogen-bond acceptors (Lipinski definition) is 5. The number of esters is 1. The quantitative estimate of drug-likeness (QED) is 0.265. The third-order valence-corrected chi connectivity index (χ3v) is 2.22. The molecule has 0 heterocycles. The Bertz CT molecular complexity index is 302. The van der Waals surface area contributed by atoms with Gasteiger partial charge in [-0.15, -0.1) is 0 Å². The van der Waals surface area contributed by atoms with Crippen molar-refractivity contribution in [3.8, 4) is 0 Å². The molecule has 0 fully saturated rings. The van der Waals surface area contributed by atoms with Gasteiger partial charge in [0.15, 0.2) is 0 Å². The molecule has 1 unspecified atom stereocenters. The zero-order valence-electron chi connectivity index (χ0n) is 10.8. The van der Waals surface area contributed by atoms with Gasteiger partial charge in [0.05, 0.1) is 7.11 Å². The molecule has 0 aliphatic heterocycles. The number of carbonyl (C=O) groups is 3. The Morgan fingerprint density at radius 3 is 2.61 bits per heavy atom. The third-order valence-electron chi connectivity index (χ3n) is 2.22. The Morgan fingerprint density at radius 1 is 1.33 bits per heavy atom. The lowest BCUT2D eigenvalue weighted by atomic mass is 10.1. The van der Waals surface area contributed by atoms with E-state index in [0.29, 0.717) is 19.3 Å². The second-order valence-electron chi connectivity index (χ2n) is 3.72. The first-order valence-corrected chi connectivity index (χ1v) is 5.80. The molecule has 0 aromatic carbocycles. The van der Waals surface area contributed by atoms with Gasteiger partial charge in [0.1, 0.15) is 12.3 Å². The minimum absolute atomic E-state index is 0.252. The molecule has 0 aromatic rings. The maximum absolute atomic E-state index is 11.3. The second-order valence-corrected chi connectivity index (χ2v) is 3.72. The molecular formula is C12H20N2O4. The van der Waals surface area contributed by atoms with Crippen LogP contribution in [0.4, 0.5) is 0 Å². The minimum atomic E-state index is -0.585. The molecule has 0 radical (unpaired) electrons. The van der Waals surface area contributed by atoms with Crippen molar-refractivity contribution < 1.29 is 19.1 Å². The van der Waals surface area contributed by atoms with E-state index in [1.54, 1.807) is 6.20 Å². The maximum Gasteiger partial charge on any atom is 0.328 e. The summed E-state index contributed by atoms with van der Waals surface area (Å²) in [6.45, 7) is 2.07. The topological polar surface area (TPSA) is 84.5 Å². The standard InChI is InChI=1S/C12H20N2O4/c1-10(16)14-11(12(17)18-2)6-3-4-7-13-8-5-9-15/h5,8-9,11,13H,3-4,6-7H2,1-2H3,(H,14,16)/b8-5+. The van der Waals surface area contributed by atoms with Gasteiger partial charge in [0.25, 0.3) is 0 Å². The van der Waals surface area contributed by atoms with Crippen molar-refractivity contribution in [1.29, 1.82) is 0 Å². The molecule has 0 aliphatic rings. The Balaban J connectivity index is 3.82. The van der Waals surface area contributed by atoms with E-state index < -0.39 is 12.0 Å². The molecule has 1 atom stereocenters. The van der Waals surface area contributed by atoms with E-state index in [-0.39, 0.29) is 5.91 Å². The Labute approximate surface area is 107 Å². The fourth-order valence-corrected chi connectivity index (χ4v) is 1.40. The molecule has 0 rings (SSSR count). The van der Waals surface area contributed by atoms with Crippen molar-refractivity contribution in [2.75, 3.05) is 13.7 Å². The maximum atomic E-state index is 11.3. The van der Waals surface area contributed by atoms with Crippen LogP contribution in [-0.4, -0.2) is 37.9 Å². The number of amides is 1. The number of unbranched alkanes of at least 4 members (excludes halogenated alkanes) is 1. The monoisotopic (exact) mass is 256 g/mol. The Kier molecular flexibility index (Phi) is 9.25. The molecule has 0 bridgehead atoms. The zero-order chi connectivity index (χ0) is 13.8. The lowest BCUT2D eigenvalue weighted by Gasteiger charge is -2.15. The largest absolute Gasteiger partial charge is 0.467 e. The first kappa shape index (κ1) is 16.1. The average Bonchev–Trinajstić information content (AvgIpc) is 2.34. The van der Waals surface area contributed by atoms with E-state index in [1.807, 2.05) is 0 Å². The molecular weight excluding hydrogens is 236 g/mol. The molecule has 0 aliphatic carbocycles. The second kappa shape index (κ2) is 10.3. The van der Waals surface area contributed by atoms with Crippen LogP contribution in [0, 0.1) is 0 Å². The highest BCUT2D eigenvalue weighted by Gasteiger charge is 2.18. The van der Waals surface area contributed by atoms with E-state index >= 15 is 0 Å². The Hall–Kier alpha value is -1.85. The summed E-state index contributed by atoms with van der Waals surface area (Å²) in [5.41, 5.74) is 0. The van der Waals surface area contributed by atoms with Crippen LogP contribution >= 0.6 is 0 Å². The van der Waals surface area contributed by atoms with E-state index in [9.17, 15) is 14.4 Å². The number of hydrogen-bond donors (Lipinski definition) is 2. The van der Waals surface area contributed by atoms with Crippen LogP contribution in [0.2, 0.25) is 0 Å². The molecule has 0 saturated carbocycles. The van der Waals surface area contributed by atoms with Gasteiger partial charge in [-0.25, -0.2) is 4.79 Å². The number of ether oxygens (including phenoxy) is 1. The average molecular weight is 256 g/mol. The number of methoxy groups -OCH3 is 1. The van der Waals surface area contributed by atoms with Crippen molar-refractivity contribution >= 4 is 18.2 Å². The van der Waals surface area contributed by atoms with Crippen LogP contribution in [0.15, 0.2) is 12.3 Å². The summed E-state index contributed by atoms with van der Waals surface area (Å²) in [5.74, 6) is -0.684. The highest BCUT2D eigenvalue weighted by Crippen LogP contribution is 2.02. The smallest absolute Gasteiger partial charge is 0.328 e. The molecule has 6 heteroatoms. The molecule has 102 valence electrons. The molecule has 1 amide bonds. The lowest BCUT2D eigenvalue weighted by Crippen LogP contribution is -2.40. The summed E-state index contributed by atoms with van der Waals surface area (Å²) in [5, 5.41) is 5.48. The first-order chi connectivity index (χ1) is 8.61. The fourth-order valence-electron chi connectivity index (χ4n) is 1.40. The summed E-state index contributed by atoms with van der Waals surface area (Å²) in [6, 6.07) is -0.585. The molecule has 18 heavy (non-hydrogen) atoms. The summed E-state index contributed by atoms with van der Waals surface area (Å²) >= 11 is 0. The van der Waals surface area contributed by atoms with Crippen molar-refractivity contribution in [3.05, 3.63) is 12.3 Å². The summed E-state index contributed by atoms with van der Waals surface area (Å²) in [6.07, 6.45) is 5.76. The van der Waals surface area contributed by atoms with Gasteiger partial charge in [-0.2, -0.15) is 0 Å². The molecule has 0 spiro atoms. The summed E-state index contributed by atoms with van der Waals surface area (Å²) in [4.78, 5) is 32.2. The summed E-state index contributed by atoms with van der Waals surface area (Å²) < 4.78 is 4.60. The van der Waals surface area contributed by atoms with E-state index in [2.05, 4.69) is 15.4 Å². The van der Waals surface area contributed by atoms with Crippen molar-refractivity contribution in [2.45, 2.75) is 32.2 Å². The lowest BCUT2D eigenvalue weighted by molar-refractivity contribution is -0.145. The van der Waals surface area contributed by atoms with Crippen LogP contribution in [-0.2, 0) is 19.1 Å². The molecule has 0 aromatic heterocycles. The van der Waals surface area contributed by atoms with Gasteiger partial charge >= 0.3 is 5.97 Å². The van der Waals surface area contributed by atoms with E-state index in [0.717, 1.165) is 12.8 Å². The highest BCUT2D eigenvalue weighted by atomic mass is 16.5. The molecule has 2 N–H and O–H groups in total. The van der Waals surface area contributed by atoms with Gasteiger partial charge in [0, 0.05) is 13.5 Å². The number of carbonyl (C=O) groups excluding carboxylic acids is 3.